The Balaban J connectivity index is 1.86. The van der Waals surface area contributed by atoms with Crippen LogP contribution >= 0.6 is 11.6 Å². The second kappa shape index (κ2) is 8.64. The number of rotatable bonds is 3. The minimum Gasteiger partial charge on any atom is -0.444 e. The van der Waals surface area contributed by atoms with Gasteiger partial charge >= 0.3 is 6.09 Å². The predicted octanol–water partition coefficient (Wildman–Crippen LogP) is 2.42. The lowest BCUT2D eigenvalue weighted by Gasteiger charge is -2.38. The highest BCUT2D eigenvalue weighted by atomic mass is 35.5. The van der Waals surface area contributed by atoms with Crippen molar-refractivity contribution in [1.82, 2.24) is 19.8 Å². The van der Waals surface area contributed by atoms with Crippen molar-refractivity contribution in [3.8, 4) is 11.8 Å². The van der Waals surface area contributed by atoms with Crippen molar-refractivity contribution in [2.24, 2.45) is 0 Å². The second-order valence-electron chi connectivity index (χ2n) is 8.44. The number of imidazole rings is 1. The lowest BCUT2D eigenvalue weighted by atomic mass is 10.1. The van der Waals surface area contributed by atoms with Crippen molar-refractivity contribution in [2.75, 3.05) is 30.4 Å². The van der Waals surface area contributed by atoms with E-state index in [1.54, 1.807) is 23.4 Å². The summed E-state index contributed by atoms with van der Waals surface area (Å²) in [4.78, 5) is 33.4. The molecule has 0 aromatic carbocycles. The zero-order valence-electron chi connectivity index (χ0n) is 18.1. The number of nitrogens with zero attached hydrogens (tertiary/aromatic N) is 4. The van der Waals surface area contributed by atoms with E-state index in [2.05, 4.69) is 32.4 Å². The predicted molar refractivity (Wildman–Crippen MR) is 116 cm³/mol. The molecule has 1 aromatic rings. The highest BCUT2D eigenvalue weighted by Gasteiger charge is 2.34. The Morgan fingerprint density at radius 3 is 2.80 bits per heavy atom. The number of aromatic nitrogens is 2. The summed E-state index contributed by atoms with van der Waals surface area (Å²) in [5.41, 5.74) is -0.858. The molecule has 2 unspecified atom stereocenters. The number of fused-ring (bicyclic) bond motifs is 1. The van der Waals surface area contributed by atoms with Crippen LogP contribution in [0.4, 0.5) is 16.6 Å². The average molecular weight is 437 g/mol. The normalized spacial score (nSPS) is 21.0. The van der Waals surface area contributed by atoms with E-state index in [1.807, 2.05) is 20.8 Å². The molecule has 2 aliphatic heterocycles. The molecule has 9 nitrogen and oxygen atoms in total. The molecule has 0 saturated carbocycles. The number of nitrogens with one attached hydrogen (secondary N) is 2. The Labute approximate surface area is 182 Å². The molecule has 0 spiro atoms. The molecular weight excluding hydrogens is 408 g/mol. The van der Waals surface area contributed by atoms with E-state index >= 15 is 0 Å². The lowest BCUT2D eigenvalue weighted by Crippen LogP contribution is -2.50. The third-order valence-corrected chi connectivity index (χ3v) is 5.22. The Morgan fingerprint density at radius 2 is 2.13 bits per heavy atom. The van der Waals surface area contributed by atoms with Crippen LogP contribution in [0.25, 0.3) is 0 Å². The topological polar surface area (TPSA) is 91.7 Å². The number of carbonyl (C=O) groups excluding carboxylic acids is 2. The summed E-state index contributed by atoms with van der Waals surface area (Å²) in [6, 6.07) is -0.0319. The molecule has 0 aliphatic carbocycles. The fourth-order valence-corrected chi connectivity index (χ4v) is 3.80. The first-order valence-electron chi connectivity index (χ1n) is 10.0. The van der Waals surface area contributed by atoms with Gasteiger partial charge in [0, 0.05) is 20.1 Å². The number of piperidine rings is 1. The van der Waals surface area contributed by atoms with Crippen molar-refractivity contribution in [1.29, 1.82) is 0 Å². The number of anilines is 2. The summed E-state index contributed by atoms with van der Waals surface area (Å²) in [6.45, 7) is 8.98. The molecule has 0 radical (unpaired) electrons. The number of hydrogen-bond donors (Lipinski definition) is 2. The average Bonchev–Trinajstić information content (AvgIpc) is 3.03. The van der Waals surface area contributed by atoms with Gasteiger partial charge in [0.05, 0.1) is 12.6 Å². The van der Waals surface area contributed by atoms with Crippen molar-refractivity contribution in [3.05, 3.63) is 5.69 Å². The zero-order chi connectivity index (χ0) is 22.1. The number of likely N-dealkylation sites (N-methyl/N-ethyl adjacent to an activating group) is 1. The van der Waals surface area contributed by atoms with Crippen LogP contribution in [0.1, 0.15) is 51.0 Å². The summed E-state index contributed by atoms with van der Waals surface area (Å²) in [5, 5.41) is 5.64. The van der Waals surface area contributed by atoms with E-state index in [0.29, 0.717) is 30.5 Å². The van der Waals surface area contributed by atoms with E-state index in [0.717, 1.165) is 19.4 Å². The van der Waals surface area contributed by atoms with Crippen molar-refractivity contribution < 1.29 is 14.3 Å². The third-order valence-electron chi connectivity index (χ3n) is 5.01. The Hall–Kier alpha value is -2.60. The van der Waals surface area contributed by atoms with Crippen LogP contribution in [0.3, 0.4) is 0 Å². The van der Waals surface area contributed by atoms with Gasteiger partial charge in [-0.3, -0.25) is 9.36 Å². The highest BCUT2D eigenvalue weighted by molar-refractivity contribution is 6.24. The SMILES string of the molecule is CC#CCn1c(N2CCCC(N(C)C(=O)OC(C)(C)C)C2)nc2c1C(=O)NC(Cl)N2. The first kappa shape index (κ1) is 22.1. The van der Waals surface area contributed by atoms with Crippen LogP contribution in [-0.2, 0) is 11.3 Å². The number of hydrogen-bond acceptors (Lipinski definition) is 6. The summed E-state index contributed by atoms with van der Waals surface area (Å²) in [5.74, 6) is 6.66. The number of ether oxygens (including phenoxy) is 1. The molecule has 2 N–H and O–H groups in total. The van der Waals surface area contributed by atoms with E-state index in [1.165, 1.54) is 0 Å². The number of halogens is 1. The van der Waals surface area contributed by atoms with Crippen LogP contribution in [0.2, 0.25) is 0 Å². The summed E-state index contributed by atoms with van der Waals surface area (Å²) in [6.07, 6.45) is 1.40. The van der Waals surface area contributed by atoms with Gasteiger partial charge in [-0.15, -0.1) is 5.92 Å². The fraction of sp³-hybridized carbons (Fsp3) is 0.650. The lowest BCUT2D eigenvalue weighted by molar-refractivity contribution is 0.0209. The Bertz CT molecular complexity index is 882. The molecule has 1 fully saturated rings. The maximum Gasteiger partial charge on any atom is 0.410 e. The quantitative estimate of drug-likeness (QED) is 0.429. The van der Waals surface area contributed by atoms with Gasteiger partial charge in [0.25, 0.3) is 5.91 Å². The fourth-order valence-electron chi connectivity index (χ4n) is 3.60. The zero-order valence-corrected chi connectivity index (χ0v) is 18.8. The number of amides is 2. The maximum atomic E-state index is 12.5. The molecule has 2 amide bonds. The van der Waals surface area contributed by atoms with E-state index in [-0.39, 0.29) is 18.0 Å². The van der Waals surface area contributed by atoms with Gasteiger partial charge < -0.3 is 25.2 Å². The van der Waals surface area contributed by atoms with Crippen LogP contribution in [0.5, 0.6) is 0 Å². The van der Waals surface area contributed by atoms with Crippen LogP contribution < -0.4 is 15.5 Å². The third kappa shape index (κ3) is 4.75. The number of carbonyl (C=O) groups is 2. The molecule has 30 heavy (non-hydrogen) atoms. The monoisotopic (exact) mass is 436 g/mol. The molecule has 2 aliphatic rings. The molecule has 2 atom stereocenters. The Morgan fingerprint density at radius 1 is 1.40 bits per heavy atom. The smallest absolute Gasteiger partial charge is 0.410 e. The van der Waals surface area contributed by atoms with Crippen LogP contribution in [0.15, 0.2) is 0 Å². The van der Waals surface area contributed by atoms with Crippen molar-refractivity contribution in [2.45, 2.75) is 64.3 Å². The Kier molecular flexibility index (Phi) is 6.36. The van der Waals surface area contributed by atoms with E-state index in [4.69, 9.17) is 16.3 Å². The van der Waals surface area contributed by atoms with Gasteiger partial charge in [-0.05, 0) is 40.5 Å². The van der Waals surface area contributed by atoms with Gasteiger partial charge in [-0.2, -0.15) is 4.98 Å². The minimum absolute atomic E-state index is 0.0319. The largest absolute Gasteiger partial charge is 0.444 e. The molecule has 3 heterocycles. The van der Waals surface area contributed by atoms with Gasteiger partial charge in [-0.1, -0.05) is 17.5 Å². The molecule has 0 bridgehead atoms. The molecule has 3 rings (SSSR count). The van der Waals surface area contributed by atoms with Gasteiger partial charge in [0.15, 0.2) is 17.1 Å². The standard InChI is InChI=1S/C20H29ClN6O3/c1-6-7-11-27-14-15(22-17(21)24-16(14)28)23-18(27)26-10-8-9-13(12-26)25(5)19(29)30-20(2,3)4/h13,17,22H,8-12H2,1-5H3,(H,24,28). The van der Waals surface area contributed by atoms with Crippen LogP contribution in [0, 0.1) is 11.8 Å². The maximum absolute atomic E-state index is 12.5. The van der Waals surface area contributed by atoms with E-state index < -0.39 is 11.2 Å². The first-order valence-corrected chi connectivity index (χ1v) is 10.5. The van der Waals surface area contributed by atoms with E-state index in [9.17, 15) is 9.59 Å². The molecule has 10 heteroatoms. The van der Waals surface area contributed by atoms with Crippen LogP contribution in [-0.4, -0.2) is 63.9 Å². The summed E-state index contributed by atoms with van der Waals surface area (Å²) in [7, 11) is 1.76. The van der Waals surface area contributed by atoms with Gasteiger partial charge in [-0.25, -0.2) is 4.79 Å². The summed E-state index contributed by atoms with van der Waals surface area (Å²) >= 11 is 6.05. The molecule has 1 aromatic heterocycles. The molecule has 164 valence electrons. The van der Waals surface area contributed by atoms with Crippen molar-refractivity contribution in [3.63, 3.8) is 0 Å². The molecule has 1 saturated heterocycles. The highest BCUT2D eigenvalue weighted by Crippen LogP contribution is 2.30. The van der Waals surface area contributed by atoms with Crippen molar-refractivity contribution >= 4 is 35.4 Å². The summed E-state index contributed by atoms with van der Waals surface area (Å²) < 4.78 is 7.31. The number of alkyl halides is 1. The second-order valence-corrected chi connectivity index (χ2v) is 8.87. The first-order chi connectivity index (χ1) is 14.1. The van der Waals surface area contributed by atoms with Gasteiger partial charge in [0.1, 0.15) is 5.60 Å². The molecular formula is C20H29ClN6O3. The van der Waals surface area contributed by atoms with Gasteiger partial charge in [0.2, 0.25) is 5.95 Å². The minimum atomic E-state index is -0.717.